The third-order valence-corrected chi connectivity index (χ3v) is 4.61. The van der Waals surface area contributed by atoms with E-state index in [0.717, 1.165) is 11.3 Å². The fraction of sp³-hybridized carbons (Fsp3) is 0.273. The molecule has 2 aromatic carbocycles. The zero-order valence-electron chi connectivity index (χ0n) is 17.3. The Morgan fingerprint density at radius 2 is 1.78 bits per heavy atom. The lowest BCUT2D eigenvalue weighted by molar-refractivity contribution is -0.274. The summed E-state index contributed by atoms with van der Waals surface area (Å²) in [7, 11) is 3.24. The van der Waals surface area contributed by atoms with Gasteiger partial charge in [0.15, 0.2) is 0 Å². The second-order valence-electron chi connectivity index (χ2n) is 6.87. The summed E-state index contributed by atoms with van der Waals surface area (Å²) in [5.74, 6) is -0.115. The Hall–Kier alpha value is -3.69. The SMILES string of the molecule is COc1cc(OCc2cc(-c3ccc(OC(F)(F)F)cc3)nn2C)ccc1CCC(=O)O. The molecule has 0 radical (unpaired) electrons. The maximum Gasteiger partial charge on any atom is 0.573 e. The van der Waals surface area contributed by atoms with Crippen molar-refractivity contribution in [3.8, 4) is 28.5 Å². The zero-order chi connectivity index (χ0) is 23.3. The third kappa shape index (κ3) is 6.16. The van der Waals surface area contributed by atoms with Gasteiger partial charge in [-0.3, -0.25) is 9.48 Å². The fourth-order valence-corrected chi connectivity index (χ4v) is 3.03. The Labute approximate surface area is 182 Å². The summed E-state index contributed by atoms with van der Waals surface area (Å²) < 4.78 is 53.5. The van der Waals surface area contributed by atoms with Crippen molar-refractivity contribution >= 4 is 5.97 Å². The first kappa shape index (κ1) is 23.0. The lowest BCUT2D eigenvalue weighted by Crippen LogP contribution is -2.16. The van der Waals surface area contributed by atoms with E-state index in [-0.39, 0.29) is 18.8 Å². The van der Waals surface area contributed by atoms with Crippen molar-refractivity contribution < 1.29 is 37.3 Å². The summed E-state index contributed by atoms with van der Waals surface area (Å²) >= 11 is 0. The number of halogens is 3. The molecule has 0 saturated heterocycles. The Kier molecular flexibility index (Phi) is 6.92. The number of rotatable bonds is 9. The molecule has 0 saturated carbocycles. The standard InChI is InChI=1S/C22H21F3N2O5/c1-27-16(11-19(26-27)14-3-7-17(8-4-14)32-22(23,24)25)13-31-18-9-5-15(6-10-21(28)29)20(12-18)30-2/h3-5,7-9,11-12H,6,10,13H2,1-2H3,(H,28,29). The molecule has 0 atom stereocenters. The molecule has 1 N–H and O–H groups in total. The Bertz CT molecular complexity index is 1080. The number of nitrogens with zero attached hydrogens (tertiary/aromatic N) is 2. The van der Waals surface area contributed by atoms with Crippen molar-refractivity contribution in [1.82, 2.24) is 9.78 Å². The lowest BCUT2D eigenvalue weighted by Gasteiger charge is -2.11. The van der Waals surface area contributed by atoms with Crippen LogP contribution < -0.4 is 14.2 Å². The van der Waals surface area contributed by atoms with Crippen molar-refractivity contribution in [1.29, 1.82) is 0 Å². The van der Waals surface area contributed by atoms with Crippen LogP contribution in [0.1, 0.15) is 17.7 Å². The van der Waals surface area contributed by atoms with Crippen molar-refractivity contribution in [2.24, 2.45) is 7.05 Å². The second-order valence-corrected chi connectivity index (χ2v) is 6.87. The van der Waals surface area contributed by atoms with Crippen LogP contribution in [0.5, 0.6) is 17.2 Å². The van der Waals surface area contributed by atoms with E-state index >= 15 is 0 Å². The molecule has 3 rings (SSSR count). The number of aromatic nitrogens is 2. The molecule has 0 unspecified atom stereocenters. The minimum Gasteiger partial charge on any atom is -0.496 e. The number of carbonyl (C=O) groups is 1. The molecule has 32 heavy (non-hydrogen) atoms. The Balaban J connectivity index is 1.67. The summed E-state index contributed by atoms with van der Waals surface area (Å²) in [4.78, 5) is 10.8. The molecule has 7 nitrogen and oxygen atoms in total. The van der Waals surface area contributed by atoms with Crippen molar-refractivity contribution in [2.75, 3.05) is 7.11 Å². The minimum absolute atomic E-state index is 0.00231. The molecule has 1 aromatic heterocycles. The topological polar surface area (TPSA) is 82.8 Å². The number of methoxy groups -OCH3 is 1. The number of aryl methyl sites for hydroxylation is 2. The highest BCUT2D eigenvalue weighted by Gasteiger charge is 2.31. The highest BCUT2D eigenvalue weighted by Crippen LogP contribution is 2.28. The predicted octanol–water partition coefficient (Wildman–Crippen LogP) is 4.59. The van der Waals surface area contributed by atoms with Crippen molar-refractivity contribution in [2.45, 2.75) is 25.8 Å². The summed E-state index contributed by atoms with van der Waals surface area (Å²) in [5, 5.41) is 13.2. The number of alkyl halides is 3. The van der Waals surface area contributed by atoms with E-state index in [2.05, 4.69) is 9.84 Å². The molecule has 0 aliphatic carbocycles. The van der Waals surface area contributed by atoms with E-state index in [1.807, 2.05) is 0 Å². The molecule has 0 aliphatic rings. The first-order valence-corrected chi connectivity index (χ1v) is 9.55. The van der Waals surface area contributed by atoms with E-state index in [1.165, 1.54) is 31.4 Å². The van der Waals surface area contributed by atoms with Gasteiger partial charge >= 0.3 is 12.3 Å². The van der Waals surface area contributed by atoms with Gasteiger partial charge < -0.3 is 19.3 Å². The monoisotopic (exact) mass is 450 g/mol. The number of hydrogen-bond donors (Lipinski definition) is 1. The normalized spacial score (nSPS) is 11.3. The number of aliphatic carboxylic acids is 1. The number of carboxylic acids is 1. The van der Waals surface area contributed by atoms with E-state index in [0.29, 0.717) is 29.2 Å². The molecule has 0 fully saturated rings. The molecular weight excluding hydrogens is 429 g/mol. The predicted molar refractivity (Wildman–Crippen MR) is 109 cm³/mol. The molecular formula is C22H21F3N2O5. The maximum absolute atomic E-state index is 12.3. The van der Waals surface area contributed by atoms with E-state index < -0.39 is 12.3 Å². The molecule has 0 aliphatic heterocycles. The van der Waals surface area contributed by atoms with Gasteiger partial charge in [-0.15, -0.1) is 13.2 Å². The third-order valence-electron chi connectivity index (χ3n) is 4.61. The number of hydrogen-bond acceptors (Lipinski definition) is 5. The van der Waals surface area contributed by atoms with Crippen LogP contribution in [0.15, 0.2) is 48.5 Å². The first-order valence-electron chi connectivity index (χ1n) is 9.55. The fourth-order valence-electron chi connectivity index (χ4n) is 3.03. The largest absolute Gasteiger partial charge is 0.573 e. The lowest BCUT2D eigenvalue weighted by atomic mass is 10.1. The average Bonchev–Trinajstić information content (AvgIpc) is 3.10. The van der Waals surface area contributed by atoms with Crippen LogP contribution in [-0.4, -0.2) is 34.3 Å². The van der Waals surface area contributed by atoms with Gasteiger partial charge in [-0.25, -0.2) is 0 Å². The van der Waals surface area contributed by atoms with E-state index in [9.17, 15) is 18.0 Å². The molecule has 0 bridgehead atoms. The summed E-state index contributed by atoms with van der Waals surface area (Å²) in [6.45, 7) is 0.191. The van der Waals surface area contributed by atoms with Crippen LogP contribution in [0.3, 0.4) is 0 Å². The smallest absolute Gasteiger partial charge is 0.496 e. The van der Waals surface area contributed by atoms with Gasteiger partial charge in [0.1, 0.15) is 23.9 Å². The van der Waals surface area contributed by atoms with Crippen LogP contribution in [0.25, 0.3) is 11.3 Å². The number of benzene rings is 2. The Morgan fingerprint density at radius 3 is 2.41 bits per heavy atom. The minimum atomic E-state index is -4.74. The van der Waals surface area contributed by atoms with Crippen LogP contribution in [0.2, 0.25) is 0 Å². The van der Waals surface area contributed by atoms with Crippen LogP contribution in [-0.2, 0) is 24.9 Å². The zero-order valence-corrected chi connectivity index (χ0v) is 17.3. The molecule has 3 aromatic rings. The summed E-state index contributed by atoms with van der Waals surface area (Å²) in [5.41, 5.74) is 2.71. The maximum atomic E-state index is 12.3. The van der Waals surface area contributed by atoms with Crippen LogP contribution in [0, 0.1) is 0 Å². The summed E-state index contributed by atoms with van der Waals surface area (Å²) in [6, 6.07) is 12.4. The molecule has 170 valence electrons. The van der Waals surface area contributed by atoms with Crippen molar-refractivity contribution in [3.05, 3.63) is 59.8 Å². The number of ether oxygens (including phenoxy) is 3. The number of carboxylic acid groups (broad SMARTS) is 1. The summed E-state index contributed by atoms with van der Waals surface area (Å²) in [6.07, 6.45) is -4.40. The first-order chi connectivity index (χ1) is 15.1. The van der Waals surface area contributed by atoms with Crippen molar-refractivity contribution in [3.63, 3.8) is 0 Å². The van der Waals surface area contributed by atoms with Gasteiger partial charge in [0.2, 0.25) is 0 Å². The van der Waals surface area contributed by atoms with E-state index in [4.69, 9.17) is 14.6 Å². The highest BCUT2D eigenvalue weighted by atomic mass is 19.4. The van der Waals surface area contributed by atoms with Crippen LogP contribution >= 0.6 is 0 Å². The molecule has 0 spiro atoms. The van der Waals surface area contributed by atoms with Gasteiger partial charge in [0, 0.05) is 25.1 Å². The van der Waals surface area contributed by atoms with Gasteiger partial charge in [-0.1, -0.05) is 6.07 Å². The second kappa shape index (κ2) is 9.63. The van der Waals surface area contributed by atoms with Crippen LogP contribution in [0.4, 0.5) is 13.2 Å². The van der Waals surface area contributed by atoms with Gasteiger partial charge in [-0.05, 0) is 48.4 Å². The average molecular weight is 450 g/mol. The van der Waals surface area contributed by atoms with Gasteiger partial charge in [0.05, 0.1) is 18.5 Å². The quantitative estimate of drug-likeness (QED) is 0.514. The van der Waals surface area contributed by atoms with E-state index in [1.54, 1.807) is 36.0 Å². The molecule has 10 heteroatoms. The van der Waals surface area contributed by atoms with Gasteiger partial charge in [0.25, 0.3) is 0 Å². The van der Waals surface area contributed by atoms with Gasteiger partial charge in [-0.2, -0.15) is 5.10 Å². The Morgan fingerprint density at radius 1 is 1.09 bits per heavy atom. The highest BCUT2D eigenvalue weighted by molar-refractivity contribution is 5.67. The molecule has 1 heterocycles. The molecule has 0 amide bonds.